The number of fused-ring (bicyclic) bond motifs is 1. The fourth-order valence-corrected chi connectivity index (χ4v) is 1.77. The second-order valence-electron chi connectivity index (χ2n) is 3.20. The van der Waals surface area contributed by atoms with E-state index in [0.29, 0.717) is 16.6 Å². The zero-order valence-electron chi connectivity index (χ0n) is 8.08. The lowest BCUT2D eigenvalue weighted by Crippen LogP contribution is -2.19. The van der Waals surface area contributed by atoms with Crippen molar-refractivity contribution in [3.8, 4) is 0 Å². The van der Waals surface area contributed by atoms with Gasteiger partial charge >= 0.3 is 0 Å². The van der Waals surface area contributed by atoms with Crippen LogP contribution in [0.15, 0.2) is 10.9 Å². The Morgan fingerprint density at radius 2 is 2.00 bits per heavy atom. The first-order valence-electron chi connectivity index (χ1n) is 4.20. The van der Waals surface area contributed by atoms with Gasteiger partial charge in [-0.3, -0.25) is 9.36 Å². The molecule has 2 heterocycles. The summed E-state index contributed by atoms with van der Waals surface area (Å²) in [6, 6.07) is 1.65. The molecule has 0 aliphatic carbocycles. The van der Waals surface area contributed by atoms with E-state index >= 15 is 0 Å². The van der Waals surface area contributed by atoms with Crippen molar-refractivity contribution in [2.24, 2.45) is 7.05 Å². The maximum Gasteiger partial charge on any atom is 0.262 e. The Bertz CT molecular complexity index is 606. The molecule has 0 atom stereocenters. The summed E-state index contributed by atoms with van der Waals surface area (Å²) >= 11 is 11.6. The van der Waals surface area contributed by atoms with Gasteiger partial charge in [-0.05, 0) is 24.6 Å². The Labute approximate surface area is 95.5 Å². The third kappa shape index (κ3) is 1.60. The number of aryl methyl sites for hydroxylation is 1. The van der Waals surface area contributed by atoms with E-state index in [1.807, 2.05) is 0 Å². The molecule has 0 spiro atoms. The number of halogens is 2. The van der Waals surface area contributed by atoms with Crippen molar-refractivity contribution >= 4 is 34.1 Å². The lowest BCUT2D eigenvalue weighted by Gasteiger charge is -2.04. The summed E-state index contributed by atoms with van der Waals surface area (Å²) in [5, 5.41) is 0.726. The molecule has 0 unspecified atom stereocenters. The Kier molecular flexibility index (Phi) is 2.40. The van der Waals surface area contributed by atoms with Crippen LogP contribution in [0.5, 0.6) is 0 Å². The molecule has 0 aliphatic rings. The van der Waals surface area contributed by atoms with Gasteiger partial charge in [0.25, 0.3) is 5.56 Å². The minimum Gasteiger partial charge on any atom is -0.286 e. The number of hydrogen-bond donors (Lipinski definition) is 0. The fourth-order valence-electron chi connectivity index (χ4n) is 1.33. The lowest BCUT2D eigenvalue weighted by atomic mass is 10.2. The SMILES string of the molecule is Cc1cc2c(=O)n(C)c(Cl)nc2c(Cl)n1. The van der Waals surface area contributed by atoms with Gasteiger partial charge in [-0.1, -0.05) is 11.6 Å². The van der Waals surface area contributed by atoms with E-state index in [4.69, 9.17) is 23.2 Å². The van der Waals surface area contributed by atoms with E-state index < -0.39 is 0 Å². The Morgan fingerprint density at radius 1 is 1.33 bits per heavy atom. The topological polar surface area (TPSA) is 47.8 Å². The first-order valence-corrected chi connectivity index (χ1v) is 4.95. The third-order valence-electron chi connectivity index (χ3n) is 2.09. The first kappa shape index (κ1) is 10.4. The normalized spacial score (nSPS) is 10.9. The quantitative estimate of drug-likeness (QED) is 0.525. The van der Waals surface area contributed by atoms with Crippen LogP contribution in [0.1, 0.15) is 5.69 Å². The summed E-state index contributed by atoms with van der Waals surface area (Å²) in [5.41, 5.74) is 0.793. The van der Waals surface area contributed by atoms with Gasteiger partial charge in [0, 0.05) is 12.7 Å². The van der Waals surface area contributed by atoms with Crippen molar-refractivity contribution in [3.05, 3.63) is 32.6 Å². The molecule has 0 N–H and O–H groups in total. The van der Waals surface area contributed by atoms with Crippen LogP contribution < -0.4 is 5.56 Å². The second kappa shape index (κ2) is 3.47. The maximum absolute atomic E-state index is 11.8. The smallest absolute Gasteiger partial charge is 0.262 e. The standard InChI is InChI=1S/C9H7Cl2N3O/c1-4-3-5-6(7(10)12-4)13-9(11)14(2)8(5)15/h3H,1-2H3. The van der Waals surface area contributed by atoms with E-state index in [-0.39, 0.29) is 16.0 Å². The summed E-state index contributed by atoms with van der Waals surface area (Å²) in [6.07, 6.45) is 0. The number of hydrogen-bond acceptors (Lipinski definition) is 3. The zero-order chi connectivity index (χ0) is 11.2. The molecule has 0 bridgehead atoms. The summed E-state index contributed by atoms with van der Waals surface area (Å²) in [4.78, 5) is 19.8. The summed E-state index contributed by atoms with van der Waals surface area (Å²) in [6.45, 7) is 1.76. The number of nitrogens with zero attached hydrogens (tertiary/aromatic N) is 3. The molecule has 78 valence electrons. The molecule has 0 saturated carbocycles. The van der Waals surface area contributed by atoms with Crippen LogP contribution in [0.4, 0.5) is 0 Å². The molecular formula is C9H7Cl2N3O. The molecule has 0 fully saturated rings. The molecule has 4 nitrogen and oxygen atoms in total. The minimum atomic E-state index is -0.225. The van der Waals surface area contributed by atoms with Crippen LogP contribution in [0, 0.1) is 6.92 Å². The second-order valence-corrected chi connectivity index (χ2v) is 3.89. The molecule has 2 aromatic heterocycles. The van der Waals surface area contributed by atoms with Crippen LogP contribution in [0.3, 0.4) is 0 Å². The van der Waals surface area contributed by atoms with Crippen LogP contribution in [-0.2, 0) is 7.05 Å². The van der Waals surface area contributed by atoms with Crippen LogP contribution >= 0.6 is 23.2 Å². The predicted octanol–water partition coefficient (Wildman–Crippen LogP) is 1.94. The van der Waals surface area contributed by atoms with Gasteiger partial charge in [0.15, 0.2) is 5.15 Å². The van der Waals surface area contributed by atoms with E-state index in [1.54, 1.807) is 20.0 Å². The molecule has 2 rings (SSSR count). The van der Waals surface area contributed by atoms with Crippen LogP contribution in [0.25, 0.3) is 10.9 Å². The summed E-state index contributed by atoms with van der Waals surface area (Å²) in [7, 11) is 1.56. The van der Waals surface area contributed by atoms with E-state index in [2.05, 4.69) is 9.97 Å². The van der Waals surface area contributed by atoms with Gasteiger partial charge in [-0.15, -0.1) is 0 Å². The largest absolute Gasteiger partial charge is 0.286 e. The lowest BCUT2D eigenvalue weighted by molar-refractivity contribution is 0.843. The van der Waals surface area contributed by atoms with Gasteiger partial charge in [-0.25, -0.2) is 9.97 Å². The molecule has 15 heavy (non-hydrogen) atoms. The Balaban J connectivity index is 3.06. The highest BCUT2D eigenvalue weighted by Gasteiger charge is 2.10. The van der Waals surface area contributed by atoms with E-state index in [9.17, 15) is 4.79 Å². The van der Waals surface area contributed by atoms with Crippen molar-refractivity contribution in [3.63, 3.8) is 0 Å². The van der Waals surface area contributed by atoms with E-state index in [0.717, 1.165) is 0 Å². The van der Waals surface area contributed by atoms with Gasteiger partial charge < -0.3 is 0 Å². The molecule has 6 heteroatoms. The number of rotatable bonds is 0. The first-order chi connectivity index (χ1) is 7.00. The fraction of sp³-hybridized carbons (Fsp3) is 0.222. The zero-order valence-corrected chi connectivity index (χ0v) is 9.60. The highest BCUT2D eigenvalue weighted by atomic mass is 35.5. The van der Waals surface area contributed by atoms with Gasteiger partial charge in [0.05, 0.1) is 5.39 Å². The van der Waals surface area contributed by atoms with Gasteiger partial charge in [0.2, 0.25) is 5.28 Å². The van der Waals surface area contributed by atoms with Crippen LogP contribution in [-0.4, -0.2) is 14.5 Å². The molecule has 2 aromatic rings. The maximum atomic E-state index is 11.8. The average Bonchev–Trinajstić information content (AvgIpc) is 2.17. The van der Waals surface area contributed by atoms with Crippen molar-refractivity contribution in [2.45, 2.75) is 6.92 Å². The molecule has 0 aromatic carbocycles. The highest BCUT2D eigenvalue weighted by molar-refractivity contribution is 6.34. The minimum absolute atomic E-state index is 0.0973. The monoisotopic (exact) mass is 243 g/mol. The molecule has 0 radical (unpaired) electrons. The number of pyridine rings is 1. The van der Waals surface area contributed by atoms with E-state index in [1.165, 1.54) is 4.57 Å². The highest BCUT2D eigenvalue weighted by Crippen LogP contribution is 2.19. The van der Waals surface area contributed by atoms with Gasteiger partial charge in [-0.2, -0.15) is 0 Å². The third-order valence-corrected chi connectivity index (χ3v) is 2.70. The molecule has 0 aliphatic heterocycles. The summed E-state index contributed by atoms with van der Waals surface area (Å²) in [5.74, 6) is 0. The Hall–Kier alpha value is -1.13. The van der Waals surface area contributed by atoms with Crippen molar-refractivity contribution in [1.82, 2.24) is 14.5 Å². The number of aromatic nitrogens is 3. The van der Waals surface area contributed by atoms with Gasteiger partial charge in [0.1, 0.15) is 5.52 Å². The molecular weight excluding hydrogens is 237 g/mol. The Morgan fingerprint density at radius 3 is 2.67 bits per heavy atom. The molecule has 0 amide bonds. The molecule has 0 saturated heterocycles. The predicted molar refractivity (Wildman–Crippen MR) is 59.5 cm³/mol. The van der Waals surface area contributed by atoms with Crippen molar-refractivity contribution in [1.29, 1.82) is 0 Å². The average molecular weight is 244 g/mol. The van der Waals surface area contributed by atoms with Crippen LogP contribution in [0.2, 0.25) is 10.4 Å². The van der Waals surface area contributed by atoms with Crippen molar-refractivity contribution < 1.29 is 0 Å². The summed E-state index contributed by atoms with van der Waals surface area (Å²) < 4.78 is 1.26. The van der Waals surface area contributed by atoms with Crippen molar-refractivity contribution in [2.75, 3.05) is 0 Å².